The third kappa shape index (κ3) is 1.36. The summed E-state index contributed by atoms with van der Waals surface area (Å²) in [6, 6.07) is 0. The van der Waals surface area contributed by atoms with Crippen LogP contribution in [0.4, 0.5) is 0 Å². The lowest BCUT2D eigenvalue weighted by atomic mass is 9.98. The second-order valence-electron chi connectivity index (χ2n) is 4.40. The molecule has 0 aromatic heterocycles. The van der Waals surface area contributed by atoms with E-state index in [0.717, 1.165) is 12.8 Å². The predicted molar refractivity (Wildman–Crippen MR) is 48.2 cm³/mol. The van der Waals surface area contributed by atoms with Gasteiger partial charge in [0.15, 0.2) is 5.78 Å². The van der Waals surface area contributed by atoms with Crippen LogP contribution in [0.25, 0.3) is 0 Å². The van der Waals surface area contributed by atoms with Gasteiger partial charge >= 0.3 is 0 Å². The van der Waals surface area contributed by atoms with Gasteiger partial charge in [-0.25, -0.2) is 0 Å². The van der Waals surface area contributed by atoms with Crippen molar-refractivity contribution < 1.29 is 9.59 Å². The van der Waals surface area contributed by atoms with Crippen LogP contribution in [0.15, 0.2) is 0 Å². The number of likely N-dealkylation sites (tertiary alicyclic amines) is 1. The predicted octanol–water partition coefficient (Wildman–Crippen LogP) is 1.12. The summed E-state index contributed by atoms with van der Waals surface area (Å²) in [7, 11) is 0. The summed E-state index contributed by atoms with van der Waals surface area (Å²) in [5.74, 6) is 0.118. The summed E-state index contributed by atoms with van der Waals surface area (Å²) >= 11 is 0. The molecule has 2 fully saturated rings. The van der Waals surface area contributed by atoms with E-state index in [9.17, 15) is 9.59 Å². The maximum atomic E-state index is 11.5. The van der Waals surface area contributed by atoms with Crippen molar-refractivity contribution in [3.05, 3.63) is 0 Å². The highest BCUT2D eigenvalue weighted by molar-refractivity contribution is 6.05. The van der Waals surface area contributed by atoms with E-state index in [0.29, 0.717) is 6.54 Å². The molecule has 1 heterocycles. The van der Waals surface area contributed by atoms with E-state index < -0.39 is 0 Å². The number of rotatable bonds is 1. The topological polar surface area (TPSA) is 37.4 Å². The van der Waals surface area contributed by atoms with Crippen molar-refractivity contribution in [1.82, 2.24) is 4.90 Å². The second-order valence-corrected chi connectivity index (χ2v) is 4.40. The van der Waals surface area contributed by atoms with Crippen LogP contribution in [0.2, 0.25) is 0 Å². The lowest BCUT2D eigenvalue weighted by Gasteiger charge is -2.34. The molecule has 0 aromatic rings. The Bertz CT molecular complexity index is 254. The fourth-order valence-corrected chi connectivity index (χ4v) is 2.48. The van der Waals surface area contributed by atoms with E-state index in [1.54, 1.807) is 4.90 Å². The molecular weight excluding hydrogens is 166 g/mol. The van der Waals surface area contributed by atoms with Crippen LogP contribution in [-0.4, -0.2) is 28.7 Å². The van der Waals surface area contributed by atoms with Crippen LogP contribution in [0, 0.1) is 0 Å². The van der Waals surface area contributed by atoms with Crippen LogP contribution < -0.4 is 0 Å². The van der Waals surface area contributed by atoms with Gasteiger partial charge in [-0.1, -0.05) is 12.8 Å². The lowest BCUT2D eigenvalue weighted by Crippen LogP contribution is -2.45. The first-order chi connectivity index (χ1) is 6.12. The first-order valence-corrected chi connectivity index (χ1v) is 4.94. The molecule has 0 bridgehead atoms. The summed E-state index contributed by atoms with van der Waals surface area (Å²) in [4.78, 5) is 24.4. The highest BCUT2D eigenvalue weighted by Gasteiger charge is 2.42. The molecule has 2 rings (SSSR count). The monoisotopic (exact) mass is 181 g/mol. The van der Waals surface area contributed by atoms with E-state index in [1.165, 1.54) is 12.8 Å². The van der Waals surface area contributed by atoms with Gasteiger partial charge in [0, 0.05) is 5.54 Å². The number of carbonyl (C=O) groups excluding carboxylic acids is 2. The standard InChI is InChI=1S/C10H15NO2/c1-10(4-2-3-5-10)11-7-8(12)6-9(11)13/h2-7H2,1H3. The number of Topliss-reactive ketones (excluding diaryl/α,β-unsaturated/α-hetero) is 1. The summed E-state index contributed by atoms with van der Waals surface area (Å²) in [5.41, 5.74) is -0.0107. The zero-order valence-electron chi connectivity index (χ0n) is 8.01. The fourth-order valence-electron chi connectivity index (χ4n) is 2.48. The molecule has 1 amide bonds. The first kappa shape index (κ1) is 8.73. The molecule has 0 unspecified atom stereocenters. The van der Waals surface area contributed by atoms with Crippen molar-refractivity contribution >= 4 is 11.7 Å². The Labute approximate surface area is 78.1 Å². The molecule has 1 aliphatic carbocycles. The summed E-state index contributed by atoms with van der Waals surface area (Å²) in [6.45, 7) is 2.46. The van der Waals surface area contributed by atoms with Crippen LogP contribution in [0.5, 0.6) is 0 Å². The zero-order chi connectivity index (χ0) is 9.47. The van der Waals surface area contributed by atoms with Gasteiger partial charge in [0.1, 0.15) is 0 Å². The molecule has 0 N–H and O–H groups in total. The Morgan fingerprint density at radius 1 is 1.23 bits per heavy atom. The third-order valence-electron chi connectivity index (χ3n) is 3.32. The molecule has 3 nitrogen and oxygen atoms in total. The van der Waals surface area contributed by atoms with E-state index in [-0.39, 0.29) is 23.7 Å². The average molecular weight is 181 g/mol. The van der Waals surface area contributed by atoms with Gasteiger partial charge in [0.05, 0.1) is 13.0 Å². The average Bonchev–Trinajstić information content (AvgIpc) is 2.59. The molecule has 0 radical (unpaired) electrons. The Hall–Kier alpha value is -0.860. The van der Waals surface area contributed by atoms with Gasteiger partial charge in [-0.3, -0.25) is 9.59 Å². The van der Waals surface area contributed by atoms with Gasteiger partial charge in [-0.15, -0.1) is 0 Å². The highest BCUT2D eigenvalue weighted by Crippen LogP contribution is 2.36. The highest BCUT2D eigenvalue weighted by atomic mass is 16.2. The maximum absolute atomic E-state index is 11.5. The van der Waals surface area contributed by atoms with Crippen molar-refractivity contribution in [3.8, 4) is 0 Å². The number of ketones is 1. The number of hydrogen-bond donors (Lipinski definition) is 0. The van der Waals surface area contributed by atoms with Gasteiger partial charge in [0.25, 0.3) is 0 Å². The third-order valence-corrected chi connectivity index (χ3v) is 3.32. The minimum absolute atomic E-state index is 0.0107. The largest absolute Gasteiger partial charge is 0.330 e. The van der Waals surface area contributed by atoms with Crippen LogP contribution >= 0.6 is 0 Å². The molecule has 0 spiro atoms. The molecule has 0 aromatic carbocycles. The van der Waals surface area contributed by atoms with Crippen molar-refractivity contribution in [2.45, 2.75) is 44.6 Å². The van der Waals surface area contributed by atoms with Crippen LogP contribution in [-0.2, 0) is 9.59 Å². The molecule has 72 valence electrons. The minimum atomic E-state index is -0.0107. The van der Waals surface area contributed by atoms with Gasteiger partial charge in [0.2, 0.25) is 5.91 Å². The van der Waals surface area contributed by atoms with E-state index in [2.05, 4.69) is 6.92 Å². The van der Waals surface area contributed by atoms with Crippen molar-refractivity contribution in [1.29, 1.82) is 0 Å². The van der Waals surface area contributed by atoms with Gasteiger partial charge in [-0.05, 0) is 19.8 Å². The Kier molecular flexibility index (Phi) is 1.90. The van der Waals surface area contributed by atoms with E-state index in [4.69, 9.17) is 0 Å². The number of carbonyl (C=O) groups is 2. The molecule has 1 saturated heterocycles. The number of nitrogens with zero attached hydrogens (tertiary/aromatic N) is 1. The molecular formula is C10H15NO2. The Balaban J connectivity index is 2.16. The molecule has 1 saturated carbocycles. The number of amides is 1. The summed E-state index contributed by atoms with van der Waals surface area (Å²) in [6.07, 6.45) is 4.64. The van der Waals surface area contributed by atoms with Crippen LogP contribution in [0.1, 0.15) is 39.0 Å². The van der Waals surface area contributed by atoms with Crippen molar-refractivity contribution in [3.63, 3.8) is 0 Å². The second kappa shape index (κ2) is 2.82. The molecule has 0 atom stereocenters. The first-order valence-electron chi connectivity index (χ1n) is 4.94. The van der Waals surface area contributed by atoms with Gasteiger partial charge in [-0.2, -0.15) is 0 Å². The SMILES string of the molecule is CC1(N2CC(=O)CC2=O)CCCC1. The molecule has 13 heavy (non-hydrogen) atoms. The lowest BCUT2D eigenvalue weighted by molar-refractivity contribution is -0.132. The summed E-state index contributed by atoms with van der Waals surface area (Å²) < 4.78 is 0. The van der Waals surface area contributed by atoms with E-state index >= 15 is 0 Å². The minimum Gasteiger partial charge on any atom is -0.330 e. The number of hydrogen-bond acceptors (Lipinski definition) is 2. The quantitative estimate of drug-likeness (QED) is 0.568. The smallest absolute Gasteiger partial charge is 0.230 e. The Morgan fingerprint density at radius 2 is 1.85 bits per heavy atom. The van der Waals surface area contributed by atoms with Gasteiger partial charge < -0.3 is 4.90 Å². The summed E-state index contributed by atoms with van der Waals surface area (Å²) in [5, 5.41) is 0. The zero-order valence-corrected chi connectivity index (χ0v) is 8.01. The van der Waals surface area contributed by atoms with Crippen molar-refractivity contribution in [2.75, 3.05) is 6.54 Å². The fraction of sp³-hybridized carbons (Fsp3) is 0.800. The molecule has 1 aliphatic heterocycles. The molecule has 3 heteroatoms. The Morgan fingerprint density at radius 3 is 2.31 bits per heavy atom. The van der Waals surface area contributed by atoms with Crippen molar-refractivity contribution in [2.24, 2.45) is 0 Å². The molecule has 2 aliphatic rings. The normalized spacial score (nSPS) is 27.3. The maximum Gasteiger partial charge on any atom is 0.230 e. The van der Waals surface area contributed by atoms with Crippen LogP contribution in [0.3, 0.4) is 0 Å². The van der Waals surface area contributed by atoms with E-state index in [1.807, 2.05) is 0 Å².